The Morgan fingerprint density at radius 1 is 0.750 bits per heavy atom. The lowest BCUT2D eigenvalue weighted by Gasteiger charge is -2.44. The molecule has 10 heteroatoms. The van der Waals surface area contributed by atoms with Gasteiger partial charge in [-0.15, -0.1) is 0 Å². The minimum absolute atomic E-state index is 0.0247. The maximum absolute atomic E-state index is 12.8. The van der Waals surface area contributed by atoms with Crippen LogP contribution < -0.4 is 0 Å². The molecule has 0 saturated carbocycles. The van der Waals surface area contributed by atoms with Crippen LogP contribution in [-0.2, 0) is 22.4 Å². The minimum atomic E-state index is -0.484. The summed E-state index contributed by atoms with van der Waals surface area (Å²) in [6, 6.07) is 11.5. The summed E-state index contributed by atoms with van der Waals surface area (Å²) in [5.41, 5.74) is 1.33. The van der Waals surface area contributed by atoms with Gasteiger partial charge in [-0.05, 0) is 25.0 Å². The Labute approximate surface area is 184 Å². The van der Waals surface area contributed by atoms with Gasteiger partial charge in [0.2, 0.25) is 11.8 Å². The second-order valence-corrected chi connectivity index (χ2v) is 7.99. The number of rotatable bonds is 6. The molecule has 2 atom stereocenters. The van der Waals surface area contributed by atoms with E-state index in [1.54, 1.807) is 34.1 Å². The summed E-state index contributed by atoms with van der Waals surface area (Å²) in [5.74, 6) is -0.193. The first-order valence-corrected chi connectivity index (χ1v) is 10.2. The van der Waals surface area contributed by atoms with E-state index in [1.165, 1.54) is 24.3 Å². The molecular formula is C22H24N4O6. The van der Waals surface area contributed by atoms with Crippen molar-refractivity contribution in [2.45, 2.75) is 38.8 Å². The van der Waals surface area contributed by atoms with E-state index >= 15 is 0 Å². The molecule has 32 heavy (non-hydrogen) atoms. The number of hydrogen-bond acceptors (Lipinski definition) is 6. The third-order valence-electron chi connectivity index (χ3n) is 5.63. The molecule has 2 aromatic carbocycles. The quantitative estimate of drug-likeness (QED) is 0.502. The van der Waals surface area contributed by atoms with Gasteiger partial charge in [-0.2, -0.15) is 0 Å². The summed E-state index contributed by atoms with van der Waals surface area (Å²) in [4.78, 5) is 49.7. The molecule has 3 rings (SSSR count). The summed E-state index contributed by atoms with van der Waals surface area (Å²) in [6.45, 7) is 4.54. The fraction of sp³-hybridized carbons (Fsp3) is 0.364. The van der Waals surface area contributed by atoms with Gasteiger partial charge in [-0.1, -0.05) is 24.3 Å². The molecule has 168 valence electrons. The summed E-state index contributed by atoms with van der Waals surface area (Å²) < 4.78 is 0. The first kappa shape index (κ1) is 22.9. The standard InChI is InChI=1S/C22H24N4O6/c1-15-13-24(22(28)12-18-5-9-20(10-6-18)26(31)32)16(2)14-23(15)21(27)11-17-3-7-19(8-4-17)25(29)30/h3-10,15-16H,11-14H2,1-2H3. The molecule has 2 aromatic rings. The highest BCUT2D eigenvalue weighted by molar-refractivity contribution is 5.81. The Kier molecular flexibility index (Phi) is 6.82. The maximum Gasteiger partial charge on any atom is 0.269 e. The number of nitrogens with zero attached hydrogens (tertiary/aromatic N) is 4. The lowest BCUT2D eigenvalue weighted by Crippen LogP contribution is -2.60. The number of amides is 2. The van der Waals surface area contributed by atoms with Crippen LogP contribution in [0.3, 0.4) is 0 Å². The van der Waals surface area contributed by atoms with Crippen molar-refractivity contribution in [3.63, 3.8) is 0 Å². The molecule has 0 bridgehead atoms. The van der Waals surface area contributed by atoms with Crippen molar-refractivity contribution in [2.24, 2.45) is 0 Å². The molecular weight excluding hydrogens is 416 g/mol. The first-order chi connectivity index (χ1) is 15.2. The van der Waals surface area contributed by atoms with E-state index in [0.29, 0.717) is 24.2 Å². The summed E-state index contributed by atoms with van der Waals surface area (Å²) in [5, 5.41) is 21.6. The van der Waals surface area contributed by atoms with Crippen molar-refractivity contribution in [1.82, 2.24) is 9.80 Å². The van der Waals surface area contributed by atoms with Crippen LogP contribution in [0.25, 0.3) is 0 Å². The van der Waals surface area contributed by atoms with Crippen LogP contribution in [0.15, 0.2) is 48.5 Å². The van der Waals surface area contributed by atoms with E-state index < -0.39 is 9.85 Å². The topological polar surface area (TPSA) is 127 Å². The van der Waals surface area contributed by atoms with Crippen LogP contribution in [0.4, 0.5) is 11.4 Å². The molecule has 0 N–H and O–H groups in total. The predicted octanol–water partition coefficient (Wildman–Crippen LogP) is 2.74. The SMILES string of the molecule is CC1CN(C(=O)Cc2ccc([N+](=O)[O-])cc2)C(C)CN1C(=O)Cc1ccc([N+](=O)[O-])cc1. The van der Waals surface area contributed by atoms with Gasteiger partial charge in [0.1, 0.15) is 0 Å². The Morgan fingerprint density at radius 3 is 1.34 bits per heavy atom. The number of carbonyl (C=O) groups excluding carboxylic acids is 2. The van der Waals surface area contributed by atoms with Crippen LogP contribution in [0.2, 0.25) is 0 Å². The molecule has 1 fully saturated rings. The number of piperazine rings is 1. The smallest absolute Gasteiger partial charge is 0.269 e. The molecule has 0 spiro atoms. The Bertz CT molecular complexity index is 938. The lowest BCUT2D eigenvalue weighted by atomic mass is 10.0. The first-order valence-electron chi connectivity index (χ1n) is 10.2. The zero-order valence-corrected chi connectivity index (χ0v) is 17.8. The zero-order valence-electron chi connectivity index (χ0n) is 17.8. The Morgan fingerprint density at radius 2 is 1.06 bits per heavy atom. The van der Waals surface area contributed by atoms with E-state index in [1.807, 2.05) is 13.8 Å². The number of non-ortho nitro benzene ring substituents is 2. The van der Waals surface area contributed by atoms with Crippen LogP contribution in [0.5, 0.6) is 0 Å². The average Bonchev–Trinajstić information content (AvgIpc) is 2.75. The molecule has 1 aliphatic heterocycles. The maximum atomic E-state index is 12.8. The number of benzene rings is 2. The van der Waals surface area contributed by atoms with Crippen molar-refractivity contribution >= 4 is 23.2 Å². The predicted molar refractivity (Wildman–Crippen MR) is 116 cm³/mol. The van der Waals surface area contributed by atoms with Crippen LogP contribution in [0.1, 0.15) is 25.0 Å². The molecule has 0 aliphatic carbocycles. The Hall–Kier alpha value is -3.82. The third-order valence-corrected chi connectivity index (χ3v) is 5.63. The fourth-order valence-corrected chi connectivity index (χ4v) is 3.84. The molecule has 1 aliphatic rings. The monoisotopic (exact) mass is 440 g/mol. The minimum Gasteiger partial charge on any atom is -0.336 e. The van der Waals surface area contributed by atoms with Crippen LogP contribution >= 0.6 is 0 Å². The zero-order chi connectivity index (χ0) is 23.4. The Balaban J connectivity index is 1.60. The van der Waals surface area contributed by atoms with Gasteiger partial charge < -0.3 is 9.80 Å². The van der Waals surface area contributed by atoms with Gasteiger partial charge in [0, 0.05) is 49.4 Å². The van der Waals surface area contributed by atoms with Gasteiger partial charge >= 0.3 is 0 Å². The summed E-state index contributed by atoms with van der Waals surface area (Å²) >= 11 is 0. The van der Waals surface area contributed by atoms with Crippen LogP contribution in [-0.4, -0.2) is 56.6 Å². The molecule has 1 heterocycles. The summed E-state index contributed by atoms with van der Waals surface area (Å²) in [7, 11) is 0. The molecule has 0 aromatic heterocycles. The second kappa shape index (κ2) is 9.54. The van der Waals surface area contributed by atoms with Gasteiger partial charge in [0.25, 0.3) is 11.4 Å². The van der Waals surface area contributed by atoms with Crippen molar-refractivity contribution < 1.29 is 19.4 Å². The molecule has 10 nitrogen and oxygen atoms in total. The third kappa shape index (κ3) is 5.26. The normalized spacial score (nSPS) is 18.3. The van der Waals surface area contributed by atoms with Gasteiger partial charge in [0.05, 0.1) is 22.7 Å². The second-order valence-electron chi connectivity index (χ2n) is 7.99. The molecule has 2 amide bonds. The largest absolute Gasteiger partial charge is 0.336 e. The number of nitro benzene ring substituents is 2. The van der Waals surface area contributed by atoms with E-state index in [4.69, 9.17) is 0 Å². The van der Waals surface area contributed by atoms with Crippen molar-refractivity contribution in [3.8, 4) is 0 Å². The van der Waals surface area contributed by atoms with E-state index in [-0.39, 0.29) is 48.1 Å². The highest BCUT2D eigenvalue weighted by Crippen LogP contribution is 2.20. The molecule has 2 unspecified atom stereocenters. The van der Waals surface area contributed by atoms with Crippen molar-refractivity contribution in [2.75, 3.05) is 13.1 Å². The van der Waals surface area contributed by atoms with Gasteiger partial charge in [0.15, 0.2) is 0 Å². The van der Waals surface area contributed by atoms with Crippen molar-refractivity contribution in [1.29, 1.82) is 0 Å². The average molecular weight is 440 g/mol. The highest BCUT2D eigenvalue weighted by Gasteiger charge is 2.34. The van der Waals surface area contributed by atoms with Crippen molar-refractivity contribution in [3.05, 3.63) is 79.9 Å². The van der Waals surface area contributed by atoms with Gasteiger partial charge in [-0.25, -0.2) is 0 Å². The van der Waals surface area contributed by atoms with E-state index in [9.17, 15) is 29.8 Å². The lowest BCUT2D eigenvalue weighted by molar-refractivity contribution is -0.385. The fourth-order valence-electron chi connectivity index (χ4n) is 3.84. The van der Waals surface area contributed by atoms with E-state index in [2.05, 4.69) is 0 Å². The summed E-state index contributed by atoms with van der Waals surface area (Å²) in [6.07, 6.45) is 0.261. The van der Waals surface area contributed by atoms with Crippen LogP contribution in [0, 0.1) is 20.2 Å². The number of nitro groups is 2. The molecule has 0 radical (unpaired) electrons. The molecule has 1 saturated heterocycles. The number of hydrogen-bond donors (Lipinski definition) is 0. The van der Waals surface area contributed by atoms with Gasteiger partial charge in [-0.3, -0.25) is 29.8 Å². The number of carbonyl (C=O) groups is 2. The van der Waals surface area contributed by atoms with E-state index in [0.717, 1.165) is 0 Å². The highest BCUT2D eigenvalue weighted by atomic mass is 16.6.